The van der Waals surface area contributed by atoms with Gasteiger partial charge in [0.15, 0.2) is 0 Å². The normalized spacial score (nSPS) is 19.1. The van der Waals surface area contributed by atoms with Crippen LogP contribution in [0.1, 0.15) is 34.8 Å². The Morgan fingerprint density at radius 2 is 2.06 bits per heavy atom. The maximum absolute atomic E-state index is 12.8. The molecule has 0 aliphatic carbocycles. The third kappa shape index (κ3) is 4.86. The summed E-state index contributed by atoms with van der Waals surface area (Å²) in [7, 11) is 0. The molecule has 0 saturated carbocycles. The van der Waals surface area contributed by atoms with Crippen LogP contribution in [-0.4, -0.2) is 56.5 Å². The van der Waals surface area contributed by atoms with Crippen LogP contribution in [-0.2, 0) is 17.8 Å². The van der Waals surface area contributed by atoms with E-state index in [1.807, 2.05) is 43.9 Å². The predicted molar refractivity (Wildman–Crippen MR) is 116 cm³/mol. The third-order valence-electron chi connectivity index (χ3n) is 5.84. The van der Waals surface area contributed by atoms with Gasteiger partial charge in [0.2, 0.25) is 5.91 Å². The summed E-state index contributed by atoms with van der Waals surface area (Å²) in [5.41, 5.74) is 6.10. The lowest BCUT2D eigenvalue weighted by molar-refractivity contribution is -0.125. The van der Waals surface area contributed by atoms with Crippen LogP contribution in [0.15, 0.2) is 34.9 Å². The maximum Gasteiger partial charge on any atom is 0.237 e. The number of aromatic nitrogens is 3. The zero-order chi connectivity index (χ0) is 22.0. The van der Waals surface area contributed by atoms with Crippen molar-refractivity contribution >= 4 is 5.91 Å². The average molecular weight is 424 g/mol. The van der Waals surface area contributed by atoms with Crippen LogP contribution in [0.25, 0.3) is 11.1 Å². The van der Waals surface area contributed by atoms with Gasteiger partial charge < -0.3 is 14.9 Å². The maximum atomic E-state index is 12.8. The van der Waals surface area contributed by atoms with Gasteiger partial charge in [0.25, 0.3) is 0 Å². The highest BCUT2D eigenvalue weighted by molar-refractivity contribution is 5.82. The molecular formula is C23H29N5O3. The van der Waals surface area contributed by atoms with Gasteiger partial charge in [0.1, 0.15) is 5.76 Å². The number of aromatic amines is 1. The number of β-amino-alcohol motifs (C(OH)–C–C–N with tert-alkyl or cyclic N) is 1. The minimum Gasteiger partial charge on any atom is -0.392 e. The molecule has 3 N–H and O–H groups in total. The lowest BCUT2D eigenvalue weighted by Crippen LogP contribution is -2.43. The number of aryl methyl sites for hydroxylation is 3. The fourth-order valence-electron chi connectivity index (χ4n) is 4.26. The molecule has 2 unspecified atom stereocenters. The molecule has 2 atom stereocenters. The van der Waals surface area contributed by atoms with E-state index in [-0.39, 0.29) is 11.9 Å². The van der Waals surface area contributed by atoms with Gasteiger partial charge >= 0.3 is 0 Å². The molecule has 8 heteroatoms. The molecule has 0 bridgehead atoms. The molecule has 1 aromatic carbocycles. The van der Waals surface area contributed by atoms with Gasteiger partial charge in [-0.05, 0) is 38.3 Å². The quantitative estimate of drug-likeness (QED) is 0.538. The highest BCUT2D eigenvalue weighted by atomic mass is 16.5. The molecule has 1 saturated heterocycles. The van der Waals surface area contributed by atoms with Gasteiger partial charge in [-0.1, -0.05) is 29.4 Å². The fourth-order valence-corrected chi connectivity index (χ4v) is 4.26. The predicted octanol–water partition coefficient (Wildman–Crippen LogP) is 2.28. The monoisotopic (exact) mass is 423 g/mol. The molecule has 0 radical (unpaired) electrons. The number of aliphatic hydroxyl groups excluding tert-OH is 1. The standard InChI is InChI=1S/C23H29N5O3/c1-14-10-20(31-27-14)8-9-28-13-19(29)11-21(28)23(30)24-12-17-4-6-18(7-5-17)22-15(2)25-26-16(22)3/h4-7,10,19,21,29H,8-9,11-13H2,1-3H3,(H,24,30)(H,25,26). The summed E-state index contributed by atoms with van der Waals surface area (Å²) in [5.74, 6) is 0.733. The second-order valence-electron chi connectivity index (χ2n) is 8.31. The lowest BCUT2D eigenvalue weighted by atomic mass is 10.0. The van der Waals surface area contributed by atoms with Gasteiger partial charge in [-0.2, -0.15) is 5.10 Å². The zero-order valence-corrected chi connectivity index (χ0v) is 18.2. The molecule has 0 spiro atoms. The van der Waals surface area contributed by atoms with Gasteiger partial charge in [0, 0.05) is 43.4 Å². The van der Waals surface area contributed by atoms with Crippen LogP contribution in [0.2, 0.25) is 0 Å². The average Bonchev–Trinajstić information content (AvgIpc) is 3.43. The summed E-state index contributed by atoms with van der Waals surface area (Å²) in [6.45, 7) is 7.45. The molecule has 2 aromatic heterocycles. The van der Waals surface area contributed by atoms with Crippen LogP contribution < -0.4 is 5.32 Å². The van der Waals surface area contributed by atoms with E-state index < -0.39 is 6.10 Å². The number of H-pyrrole nitrogens is 1. The van der Waals surface area contributed by atoms with Crippen molar-refractivity contribution in [2.24, 2.45) is 0 Å². The SMILES string of the molecule is Cc1cc(CCN2CC(O)CC2C(=O)NCc2ccc(-c3c(C)n[nH]c3C)cc2)on1. The number of nitrogens with zero attached hydrogens (tertiary/aromatic N) is 3. The molecule has 1 fully saturated rings. The Balaban J connectivity index is 1.33. The Labute approximate surface area is 181 Å². The van der Waals surface area contributed by atoms with Crippen molar-refractivity contribution < 1.29 is 14.4 Å². The van der Waals surface area contributed by atoms with Gasteiger partial charge in [-0.25, -0.2) is 0 Å². The zero-order valence-electron chi connectivity index (χ0n) is 18.2. The van der Waals surface area contributed by atoms with E-state index in [1.54, 1.807) is 0 Å². The van der Waals surface area contributed by atoms with Crippen molar-refractivity contribution in [3.8, 4) is 11.1 Å². The lowest BCUT2D eigenvalue weighted by Gasteiger charge is -2.22. The molecule has 1 amide bonds. The summed E-state index contributed by atoms with van der Waals surface area (Å²) in [4.78, 5) is 14.8. The van der Waals surface area contributed by atoms with Gasteiger partial charge in [-0.3, -0.25) is 14.8 Å². The molecular weight excluding hydrogens is 394 g/mol. The molecule has 1 aliphatic heterocycles. The van der Waals surface area contributed by atoms with E-state index in [1.165, 1.54) is 0 Å². The number of benzene rings is 1. The number of aliphatic hydroxyl groups is 1. The topological polar surface area (TPSA) is 107 Å². The van der Waals surface area contributed by atoms with Crippen molar-refractivity contribution in [3.05, 3.63) is 58.7 Å². The van der Waals surface area contributed by atoms with Gasteiger partial charge in [-0.15, -0.1) is 0 Å². The molecule has 164 valence electrons. The number of rotatable bonds is 7. The van der Waals surface area contributed by atoms with Gasteiger partial charge in [0.05, 0.1) is 23.5 Å². The summed E-state index contributed by atoms with van der Waals surface area (Å²) in [6.07, 6.45) is 0.609. The van der Waals surface area contributed by atoms with Crippen LogP contribution in [0.4, 0.5) is 0 Å². The highest BCUT2D eigenvalue weighted by Gasteiger charge is 2.35. The summed E-state index contributed by atoms with van der Waals surface area (Å²) in [6, 6.07) is 9.71. The number of nitrogens with one attached hydrogen (secondary N) is 2. The van der Waals surface area contributed by atoms with Crippen molar-refractivity contribution in [2.75, 3.05) is 13.1 Å². The number of hydrogen-bond donors (Lipinski definition) is 3. The smallest absolute Gasteiger partial charge is 0.237 e. The number of likely N-dealkylation sites (tertiary alicyclic amines) is 1. The van der Waals surface area contributed by atoms with E-state index in [0.29, 0.717) is 32.5 Å². The van der Waals surface area contributed by atoms with Crippen molar-refractivity contribution in [1.82, 2.24) is 25.6 Å². The fraction of sp³-hybridized carbons (Fsp3) is 0.435. The molecule has 8 nitrogen and oxygen atoms in total. The number of carbonyl (C=O) groups is 1. The largest absolute Gasteiger partial charge is 0.392 e. The Hall–Kier alpha value is -2.97. The Morgan fingerprint density at radius 3 is 2.71 bits per heavy atom. The summed E-state index contributed by atoms with van der Waals surface area (Å²) >= 11 is 0. The number of amides is 1. The van der Waals surface area contributed by atoms with Crippen LogP contribution >= 0.6 is 0 Å². The van der Waals surface area contributed by atoms with E-state index in [9.17, 15) is 9.90 Å². The first kappa shape index (κ1) is 21.3. The summed E-state index contributed by atoms with van der Waals surface area (Å²) in [5, 5.41) is 24.3. The first-order chi connectivity index (χ1) is 14.9. The first-order valence-corrected chi connectivity index (χ1v) is 10.6. The van der Waals surface area contributed by atoms with E-state index >= 15 is 0 Å². The first-order valence-electron chi connectivity index (χ1n) is 10.6. The Kier molecular flexibility index (Phi) is 6.20. The molecule has 1 aliphatic rings. The van der Waals surface area contributed by atoms with Crippen LogP contribution in [0.3, 0.4) is 0 Å². The van der Waals surface area contributed by atoms with Crippen LogP contribution in [0.5, 0.6) is 0 Å². The summed E-state index contributed by atoms with van der Waals surface area (Å²) < 4.78 is 5.26. The Bertz CT molecular complexity index is 1020. The minimum absolute atomic E-state index is 0.0594. The number of hydrogen-bond acceptors (Lipinski definition) is 6. The second-order valence-corrected chi connectivity index (χ2v) is 8.31. The second kappa shape index (κ2) is 9.03. The van der Waals surface area contributed by atoms with Crippen molar-refractivity contribution in [2.45, 2.75) is 52.3 Å². The van der Waals surface area contributed by atoms with Crippen molar-refractivity contribution in [1.29, 1.82) is 0 Å². The third-order valence-corrected chi connectivity index (χ3v) is 5.84. The Morgan fingerprint density at radius 1 is 1.29 bits per heavy atom. The molecule has 3 heterocycles. The molecule has 31 heavy (non-hydrogen) atoms. The highest BCUT2D eigenvalue weighted by Crippen LogP contribution is 2.25. The van der Waals surface area contributed by atoms with Crippen LogP contribution in [0, 0.1) is 20.8 Å². The molecule has 4 rings (SSSR count). The van der Waals surface area contributed by atoms with Crippen molar-refractivity contribution in [3.63, 3.8) is 0 Å². The number of carbonyl (C=O) groups excluding carboxylic acids is 1. The van der Waals surface area contributed by atoms with E-state index in [4.69, 9.17) is 4.52 Å². The molecule has 3 aromatic rings. The minimum atomic E-state index is -0.493. The van der Waals surface area contributed by atoms with E-state index in [2.05, 4.69) is 32.8 Å². The van der Waals surface area contributed by atoms with E-state index in [0.717, 1.165) is 39.5 Å².